The number of carbonyl (C=O) groups excluding carboxylic acids is 1. The molecule has 0 spiro atoms. The zero-order chi connectivity index (χ0) is 23.4. The third-order valence-electron chi connectivity index (χ3n) is 4.61. The van der Waals surface area contributed by atoms with Gasteiger partial charge in [0.2, 0.25) is 0 Å². The summed E-state index contributed by atoms with van der Waals surface area (Å²) in [6.45, 7) is 5.36. The zero-order valence-electron chi connectivity index (χ0n) is 16.5. The first-order valence-electron chi connectivity index (χ1n) is 9.08. The van der Waals surface area contributed by atoms with Crippen molar-refractivity contribution in [3.05, 3.63) is 69.7 Å². The second-order valence-corrected chi connectivity index (χ2v) is 8.36. The van der Waals surface area contributed by atoms with E-state index in [1.807, 2.05) is 0 Å². The lowest BCUT2D eigenvalue weighted by Crippen LogP contribution is -2.37. The molecule has 1 heterocycles. The van der Waals surface area contributed by atoms with Gasteiger partial charge < -0.3 is 16.8 Å². The number of anilines is 1. The Morgan fingerprint density at radius 2 is 1.94 bits per heavy atom. The molecule has 0 fully saturated rings. The summed E-state index contributed by atoms with van der Waals surface area (Å²) in [4.78, 5) is 16.0. The van der Waals surface area contributed by atoms with Crippen LogP contribution in [0.1, 0.15) is 41.4 Å². The Labute approximate surface area is 186 Å². The molecule has 0 saturated heterocycles. The second-order valence-electron chi connectivity index (χ2n) is 6.75. The average Bonchev–Trinajstić information content (AvgIpc) is 2.67. The average molecular weight is 477 g/mol. The van der Waals surface area contributed by atoms with Crippen LogP contribution in [0, 0.1) is 5.82 Å². The molecule has 0 bridgehead atoms. The molecule has 1 aromatic carbocycles. The maximum Gasteiger partial charge on any atom is 0.418 e. The van der Waals surface area contributed by atoms with Crippen LogP contribution in [0.15, 0.2) is 41.9 Å². The highest BCUT2D eigenvalue weighted by atomic mass is 35.5. The smallest absolute Gasteiger partial charge is 0.394 e. The molecule has 5 nitrogen and oxygen atoms in total. The maximum absolute atomic E-state index is 14.6. The van der Waals surface area contributed by atoms with Gasteiger partial charge in [-0.3, -0.25) is 4.79 Å². The molecule has 1 amide bonds. The Balaban J connectivity index is 2.35. The molecule has 1 aromatic heterocycles. The van der Waals surface area contributed by atoms with Gasteiger partial charge in [-0.05, 0) is 43.2 Å². The second kappa shape index (κ2) is 9.88. The Morgan fingerprint density at radius 1 is 1.26 bits per heavy atom. The number of nitrogens with two attached hydrogens (primary N) is 2. The van der Waals surface area contributed by atoms with Crippen molar-refractivity contribution in [2.45, 2.75) is 31.5 Å². The van der Waals surface area contributed by atoms with Crippen molar-refractivity contribution >= 4 is 35.0 Å². The van der Waals surface area contributed by atoms with Gasteiger partial charge >= 0.3 is 6.18 Å². The SMILES string of the molecule is C=C(N)SCC[C@@](N)(CC)c1cc(NC(=O)c2nc(Cl)ccc2C(F)(F)F)ccc1F. The van der Waals surface area contributed by atoms with Crippen LogP contribution in [0.3, 0.4) is 0 Å². The fourth-order valence-corrected chi connectivity index (χ4v) is 3.75. The Bertz CT molecular complexity index is 986. The normalized spacial score (nSPS) is 13.5. The first-order chi connectivity index (χ1) is 14.4. The molecule has 31 heavy (non-hydrogen) atoms. The number of pyridine rings is 1. The third-order valence-corrected chi connectivity index (χ3v) is 5.60. The van der Waals surface area contributed by atoms with Gasteiger partial charge in [-0.15, -0.1) is 11.8 Å². The summed E-state index contributed by atoms with van der Waals surface area (Å²) in [5, 5.41) is 2.44. The van der Waals surface area contributed by atoms with Crippen LogP contribution in [0.4, 0.5) is 23.2 Å². The van der Waals surface area contributed by atoms with E-state index in [9.17, 15) is 22.4 Å². The van der Waals surface area contributed by atoms with Crippen LogP contribution in [0.2, 0.25) is 5.15 Å². The molecule has 2 aromatic rings. The van der Waals surface area contributed by atoms with Crippen molar-refractivity contribution in [3.63, 3.8) is 0 Å². The highest BCUT2D eigenvalue weighted by molar-refractivity contribution is 8.02. The minimum Gasteiger partial charge on any atom is -0.394 e. The summed E-state index contributed by atoms with van der Waals surface area (Å²) >= 11 is 6.94. The third kappa shape index (κ3) is 6.34. The number of rotatable bonds is 8. The van der Waals surface area contributed by atoms with Gasteiger partial charge in [-0.1, -0.05) is 25.1 Å². The number of halogens is 5. The topological polar surface area (TPSA) is 94.0 Å². The Morgan fingerprint density at radius 3 is 2.52 bits per heavy atom. The first-order valence-corrected chi connectivity index (χ1v) is 10.4. The van der Waals surface area contributed by atoms with Gasteiger partial charge in [0.05, 0.1) is 10.6 Å². The number of nitrogens with zero attached hydrogens (tertiary/aromatic N) is 1. The number of alkyl halides is 3. The van der Waals surface area contributed by atoms with Crippen molar-refractivity contribution in [1.29, 1.82) is 0 Å². The lowest BCUT2D eigenvalue weighted by molar-refractivity contribution is -0.138. The first kappa shape index (κ1) is 25.0. The predicted molar refractivity (Wildman–Crippen MR) is 115 cm³/mol. The minimum atomic E-state index is -4.81. The number of nitrogens with one attached hydrogen (secondary N) is 1. The van der Waals surface area contributed by atoms with E-state index in [4.69, 9.17) is 23.1 Å². The molecule has 0 aliphatic heterocycles. The van der Waals surface area contributed by atoms with E-state index in [1.165, 1.54) is 23.9 Å². The number of aromatic nitrogens is 1. The Kier molecular flexibility index (Phi) is 7.96. The van der Waals surface area contributed by atoms with Crippen LogP contribution in [0.5, 0.6) is 0 Å². The van der Waals surface area contributed by atoms with E-state index in [1.54, 1.807) is 6.92 Å². The zero-order valence-corrected chi connectivity index (χ0v) is 18.1. The molecular weight excluding hydrogens is 456 g/mol. The summed E-state index contributed by atoms with van der Waals surface area (Å²) < 4.78 is 54.2. The monoisotopic (exact) mass is 476 g/mol. The molecule has 11 heteroatoms. The lowest BCUT2D eigenvalue weighted by atomic mass is 9.85. The molecule has 5 N–H and O–H groups in total. The Hall–Kier alpha value is -2.30. The minimum absolute atomic E-state index is 0.0652. The number of benzene rings is 1. The van der Waals surface area contributed by atoms with Crippen LogP contribution in [-0.4, -0.2) is 16.6 Å². The van der Waals surface area contributed by atoms with Crippen molar-refractivity contribution in [2.75, 3.05) is 11.1 Å². The highest BCUT2D eigenvalue weighted by Crippen LogP contribution is 2.34. The molecule has 2 rings (SSSR count). The molecular formula is C20H21ClF4N4OS. The number of amides is 1. The number of thioether (sulfide) groups is 1. The molecule has 0 saturated carbocycles. The fraction of sp³-hybridized carbons (Fsp3) is 0.300. The molecule has 0 aliphatic carbocycles. The van der Waals surface area contributed by atoms with E-state index in [0.29, 0.717) is 29.7 Å². The lowest BCUT2D eigenvalue weighted by Gasteiger charge is -2.29. The van der Waals surface area contributed by atoms with E-state index < -0.39 is 34.7 Å². The number of hydrogen-bond acceptors (Lipinski definition) is 5. The van der Waals surface area contributed by atoms with Gasteiger partial charge in [0.1, 0.15) is 16.7 Å². The summed E-state index contributed by atoms with van der Waals surface area (Å²) in [5.74, 6) is -1.26. The molecule has 0 unspecified atom stereocenters. The molecule has 168 valence electrons. The molecule has 1 atom stereocenters. The van der Waals surface area contributed by atoms with E-state index in [-0.39, 0.29) is 16.4 Å². The van der Waals surface area contributed by atoms with E-state index in [0.717, 1.165) is 12.1 Å². The molecule has 0 radical (unpaired) electrons. The van der Waals surface area contributed by atoms with Crippen molar-refractivity contribution in [2.24, 2.45) is 11.5 Å². The van der Waals surface area contributed by atoms with Crippen molar-refractivity contribution < 1.29 is 22.4 Å². The molecule has 0 aliphatic rings. The van der Waals surface area contributed by atoms with Crippen LogP contribution in [-0.2, 0) is 11.7 Å². The maximum atomic E-state index is 14.6. The fourth-order valence-electron chi connectivity index (χ4n) is 2.88. The predicted octanol–water partition coefficient (Wildman–Crippen LogP) is 5.26. The van der Waals surface area contributed by atoms with Crippen LogP contribution < -0.4 is 16.8 Å². The van der Waals surface area contributed by atoms with Gasteiger partial charge in [0.15, 0.2) is 0 Å². The summed E-state index contributed by atoms with van der Waals surface area (Å²) in [6, 6.07) is 5.23. The van der Waals surface area contributed by atoms with E-state index in [2.05, 4.69) is 16.9 Å². The number of carbonyl (C=O) groups is 1. The van der Waals surface area contributed by atoms with E-state index >= 15 is 0 Å². The summed E-state index contributed by atoms with van der Waals surface area (Å²) in [5.41, 5.74) is 8.90. The van der Waals surface area contributed by atoms with Gasteiger partial charge in [0, 0.05) is 22.5 Å². The van der Waals surface area contributed by atoms with Crippen molar-refractivity contribution in [1.82, 2.24) is 4.98 Å². The largest absolute Gasteiger partial charge is 0.418 e. The van der Waals surface area contributed by atoms with Crippen LogP contribution >= 0.6 is 23.4 Å². The highest BCUT2D eigenvalue weighted by Gasteiger charge is 2.36. The van der Waals surface area contributed by atoms with Gasteiger partial charge in [-0.25, -0.2) is 9.37 Å². The van der Waals surface area contributed by atoms with Crippen molar-refractivity contribution in [3.8, 4) is 0 Å². The van der Waals surface area contributed by atoms with Gasteiger partial charge in [-0.2, -0.15) is 13.2 Å². The quantitative estimate of drug-likeness (QED) is 0.357. The summed E-state index contributed by atoms with van der Waals surface area (Å²) in [7, 11) is 0. The standard InChI is InChI=1S/C20H21ClF4N4OS/c1-3-19(27,8-9-31-11(2)26)14-10-12(4-6-15(14)22)28-18(30)17-13(20(23,24)25)5-7-16(21)29-17/h4-7,10H,2-3,8-9,26-27H2,1H3,(H,28,30)/t19-/m0/s1. The van der Waals surface area contributed by atoms with Gasteiger partial charge in [0.25, 0.3) is 5.91 Å². The number of hydrogen-bond donors (Lipinski definition) is 3. The summed E-state index contributed by atoms with van der Waals surface area (Å²) in [6.07, 6.45) is -4.09. The van der Waals surface area contributed by atoms with Crippen LogP contribution in [0.25, 0.3) is 0 Å².